The average molecular weight is 1020 g/mol. The number of fused-ring (bicyclic) bond motifs is 1. The van der Waals surface area contributed by atoms with Gasteiger partial charge in [0.25, 0.3) is 0 Å². The maximum absolute atomic E-state index is 13.8. The molecule has 0 aromatic heterocycles. The number of aliphatic carboxylic acids is 1. The lowest BCUT2D eigenvalue weighted by Crippen LogP contribution is -2.58. The molecule has 10 amide bonds. The van der Waals surface area contributed by atoms with E-state index in [1.807, 2.05) is 0 Å². The standard InChI is InChI=1S/C41H51N11O16S2/c42-31(55)13-24-39(64)50-26(36(43)61)18-69-70-19-27(47-32(56)9-7-20-4-2-1-3-5-20)40(65)48-25(14-35(59)60)38(63)44-15-33(57)46-23(10-21-6-8-30(54)28(11-21)52(67)68)37(62)45-16-34(58)51-17-22(53)12-29(51)41(66)49-24/h1-6,8,11,22-27,29,53-54H,7,9-10,12-19H2,(H2,42,55)(H2,43,61)(H,44,63)(H,45,62)(H,46,57)(H,47,56)(H,48,65)(H,49,66)(H,50,64)(H,59,60)/t22-,23+,24+,25-,26-,27-,29+/m1/s1. The minimum Gasteiger partial charge on any atom is -0.502 e. The Kier molecular flexibility index (Phi) is 20.7. The third-order valence-corrected chi connectivity index (χ3v) is 12.9. The van der Waals surface area contributed by atoms with Crippen molar-refractivity contribution in [2.24, 2.45) is 11.5 Å². The Labute approximate surface area is 405 Å². The van der Waals surface area contributed by atoms with Gasteiger partial charge in [0.1, 0.15) is 36.3 Å². The smallest absolute Gasteiger partial charge is 0.310 e. The predicted molar refractivity (Wildman–Crippen MR) is 245 cm³/mol. The lowest BCUT2D eigenvalue weighted by Gasteiger charge is -2.27. The highest BCUT2D eigenvalue weighted by Crippen LogP contribution is 2.27. The SMILES string of the molecule is NC(=O)C[C@@H]1NC(=O)[C@@H]2C[C@@H](O)CN2C(=O)CNC(=O)[C@H](Cc2ccc(O)c([N+](=O)[O-])c2)NC(=O)CNC(=O)[C@@H](CC(=O)O)NC(=O)[C@H](NC(=O)CCc2ccccc2)CSSC[C@H](C(N)=O)NC1=O. The normalized spacial score (nSPS) is 23.8. The van der Waals surface area contributed by atoms with Gasteiger partial charge in [-0.1, -0.05) is 58.0 Å². The van der Waals surface area contributed by atoms with E-state index in [2.05, 4.69) is 37.2 Å². The zero-order valence-corrected chi connectivity index (χ0v) is 38.6. The van der Waals surface area contributed by atoms with Gasteiger partial charge in [0, 0.05) is 43.4 Å². The molecule has 0 unspecified atom stereocenters. The Morgan fingerprint density at radius 2 is 1.43 bits per heavy atom. The molecule has 2 heterocycles. The number of amides is 10. The van der Waals surface area contributed by atoms with Crippen LogP contribution in [0, 0.1) is 10.1 Å². The number of primary amides is 2. The van der Waals surface area contributed by atoms with Crippen molar-refractivity contribution in [3.8, 4) is 5.75 Å². The first-order chi connectivity index (χ1) is 33.1. The molecule has 0 saturated carbocycles. The van der Waals surface area contributed by atoms with Gasteiger partial charge in [0.15, 0.2) is 5.75 Å². The molecule has 2 aromatic rings. The highest BCUT2D eigenvalue weighted by atomic mass is 33.1. The number of nitro groups is 1. The topological polar surface area (TPSA) is 431 Å². The number of phenols is 1. The van der Waals surface area contributed by atoms with Crippen molar-refractivity contribution in [3.63, 3.8) is 0 Å². The van der Waals surface area contributed by atoms with E-state index in [9.17, 15) is 78.2 Å². The van der Waals surface area contributed by atoms with Gasteiger partial charge in [-0.05, 0) is 23.6 Å². The molecular formula is C41H51N11O16S2. The predicted octanol–water partition coefficient (Wildman–Crippen LogP) is -4.68. The summed E-state index contributed by atoms with van der Waals surface area (Å²) in [5, 5.41) is 57.8. The first-order valence-corrected chi connectivity index (χ1v) is 23.7. The second kappa shape index (κ2) is 26.3. The fourth-order valence-corrected chi connectivity index (χ4v) is 9.28. The minimum atomic E-state index is -1.86. The van der Waals surface area contributed by atoms with E-state index < -0.39 is 163 Å². The van der Waals surface area contributed by atoms with Crippen molar-refractivity contribution in [2.75, 3.05) is 31.1 Å². The summed E-state index contributed by atoms with van der Waals surface area (Å²) in [6.45, 7) is -2.29. The summed E-state index contributed by atoms with van der Waals surface area (Å²) in [4.78, 5) is 156. The number of benzene rings is 2. The molecular weight excluding hydrogens is 967 g/mol. The van der Waals surface area contributed by atoms with Gasteiger partial charge >= 0.3 is 11.7 Å². The molecule has 0 spiro atoms. The van der Waals surface area contributed by atoms with Crippen molar-refractivity contribution in [1.29, 1.82) is 0 Å². The van der Waals surface area contributed by atoms with Gasteiger partial charge < -0.3 is 68.9 Å². The van der Waals surface area contributed by atoms with Crippen LogP contribution in [0.15, 0.2) is 48.5 Å². The third kappa shape index (κ3) is 17.2. The molecule has 27 nitrogen and oxygen atoms in total. The van der Waals surface area contributed by atoms with Gasteiger partial charge in [-0.2, -0.15) is 0 Å². The van der Waals surface area contributed by atoms with E-state index >= 15 is 0 Å². The molecule has 0 radical (unpaired) electrons. The summed E-state index contributed by atoms with van der Waals surface area (Å²) in [5.41, 5.74) is 11.0. The minimum absolute atomic E-state index is 0.0126. The Balaban J connectivity index is 1.67. The van der Waals surface area contributed by atoms with E-state index in [4.69, 9.17) is 11.5 Å². The Bertz CT molecular complexity index is 2350. The zero-order chi connectivity index (χ0) is 51.7. The number of carboxylic acids is 1. The molecule has 2 aromatic carbocycles. The number of aliphatic hydroxyl groups excluding tert-OH is 1. The third-order valence-electron chi connectivity index (χ3n) is 10.5. The molecule has 14 N–H and O–H groups in total. The number of nitrogens with one attached hydrogen (secondary N) is 7. The molecule has 378 valence electrons. The lowest BCUT2D eigenvalue weighted by molar-refractivity contribution is -0.385. The van der Waals surface area contributed by atoms with Gasteiger partial charge in [0.2, 0.25) is 59.1 Å². The van der Waals surface area contributed by atoms with Gasteiger partial charge in [-0.25, -0.2) is 0 Å². The molecule has 70 heavy (non-hydrogen) atoms. The summed E-state index contributed by atoms with van der Waals surface area (Å²) in [7, 11) is 1.75. The van der Waals surface area contributed by atoms with Crippen molar-refractivity contribution >= 4 is 92.3 Å². The van der Waals surface area contributed by atoms with Crippen molar-refractivity contribution in [3.05, 3.63) is 69.8 Å². The molecule has 2 aliphatic heterocycles. The number of hydrogen-bond acceptors (Lipinski definition) is 17. The number of nitrogens with zero attached hydrogens (tertiary/aromatic N) is 2. The summed E-state index contributed by atoms with van der Waals surface area (Å²) in [6, 6.07) is 2.10. The number of aromatic hydroxyl groups is 1. The first kappa shape index (κ1) is 55.1. The van der Waals surface area contributed by atoms with E-state index in [-0.39, 0.29) is 36.3 Å². The van der Waals surface area contributed by atoms with Crippen LogP contribution in [0.1, 0.15) is 36.8 Å². The van der Waals surface area contributed by atoms with Crippen molar-refractivity contribution in [2.45, 2.75) is 80.9 Å². The quantitative estimate of drug-likeness (QED) is 0.0540. The number of hydrogen-bond donors (Lipinski definition) is 12. The summed E-state index contributed by atoms with van der Waals surface area (Å²) in [6.07, 6.45) is -3.90. The summed E-state index contributed by atoms with van der Waals surface area (Å²) in [5.74, 6) is -13.3. The van der Waals surface area contributed by atoms with Crippen LogP contribution in [0.3, 0.4) is 0 Å². The van der Waals surface area contributed by atoms with Crippen LogP contribution in [-0.2, 0) is 65.6 Å². The molecule has 2 aliphatic rings. The molecule has 2 saturated heterocycles. The van der Waals surface area contributed by atoms with Crippen LogP contribution in [0.2, 0.25) is 0 Å². The van der Waals surface area contributed by atoms with Gasteiger partial charge in [0.05, 0.1) is 37.0 Å². The monoisotopic (exact) mass is 1020 g/mol. The average Bonchev–Trinajstić information content (AvgIpc) is 3.70. The number of carboxylic acid groups (broad SMARTS) is 1. The fraction of sp³-hybridized carbons (Fsp3) is 0.439. The number of aliphatic hydroxyl groups is 1. The molecule has 7 atom stereocenters. The number of nitrogens with two attached hydrogens (primary N) is 2. The van der Waals surface area contributed by atoms with E-state index in [1.165, 1.54) is 6.07 Å². The second-order valence-electron chi connectivity index (χ2n) is 15.8. The number of rotatable bonds is 12. The maximum atomic E-state index is 13.8. The largest absolute Gasteiger partial charge is 0.502 e. The van der Waals surface area contributed by atoms with Crippen LogP contribution in [-0.4, -0.2) is 164 Å². The van der Waals surface area contributed by atoms with E-state index in [0.717, 1.165) is 44.2 Å². The molecule has 4 rings (SSSR count). The van der Waals surface area contributed by atoms with Gasteiger partial charge in [-0.15, -0.1) is 0 Å². The maximum Gasteiger partial charge on any atom is 0.310 e. The Morgan fingerprint density at radius 1 is 0.786 bits per heavy atom. The van der Waals surface area contributed by atoms with Crippen molar-refractivity contribution in [1.82, 2.24) is 42.1 Å². The number of carbonyl (C=O) groups is 11. The number of nitro benzene ring substituents is 1. The number of carbonyl (C=O) groups excluding carboxylic acids is 10. The Morgan fingerprint density at radius 3 is 2.09 bits per heavy atom. The summed E-state index contributed by atoms with van der Waals surface area (Å²) < 4.78 is 0. The molecule has 0 bridgehead atoms. The van der Waals surface area contributed by atoms with E-state index in [1.54, 1.807) is 30.3 Å². The highest BCUT2D eigenvalue weighted by Gasteiger charge is 2.41. The molecule has 29 heteroatoms. The van der Waals surface area contributed by atoms with Crippen LogP contribution in [0.25, 0.3) is 0 Å². The lowest BCUT2D eigenvalue weighted by atomic mass is 10.0. The number of phenolic OH excluding ortho intramolecular Hbond substituents is 1. The van der Waals surface area contributed by atoms with Crippen LogP contribution in [0.5, 0.6) is 5.75 Å². The van der Waals surface area contributed by atoms with Crippen LogP contribution < -0.4 is 48.7 Å². The number of aryl methyl sites for hydroxylation is 1. The first-order valence-electron chi connectivity index (χ1n) is 21.2. The molecule has 2 fully saturated rings. The van der Waals surface area contributed by atoms with Gasteiger partial charge in [-0.3, -0.25) is 62.9 Å². The second-order valence-corrected chi connectivity index (χ2v) is 18.4. The fourth-order valence-electron chi connectivity index (χ4n) is 6.93. The summed E-state index contributed by atoms with van der Waals surface area (Å²) >= 11 is 0. The van der Waals surface area contributed by atoms with Crippen LogP contribution in [0.4, 0.5) is 5.69 Å². The zero-order valence-electron chi connectivity index (χ0n) is 37.0. The Hall–Kier alpha value is -7.53. The highest BCUT2D eigenvalue weighted by molar-refractivity contribution is 8.76. The van der Waals surface area contributed by atoms with E-state index in [0.29, 0.717) is 0 Å². The van der Waals surface area contributed by atoms with Crippen molar-refractivity contribution < 1.29 is 73.0 Å². The molecule has 0 aliphatic carbocycles. The van der Waals surface area contributed by atoms with Crippen LogP contribution >= 0.6 is 21.6 Å².